The Morgan fingerprint density at radius 2 is 2.00 bits per heavy atom. The number of benzene rings is 1. The van der Waals surface area contributed by atoms with Crippen LogP contribution in [0.5, 0.6) is 0 Å². The first kappa shape index (κ1) is 21.0. The lowest BCUT2D eigenvalue weighted by molar-refractivity contribution is -0.142. The summed E-state index contributed by atoms with van der Waals surface area (Å²) < 4.78 is 28.8. The zero-order valence-corrected chi connectivity index (χ0v) is 17.1. The SMILES string of the molecule is Cc1ccc(S(=O)(=O)N2CCC[C@H]2C(=O)N[C@@H](Cc2cn(C)cn2)C(=O)O)cc1. The van der Waals surface area contributed by atoms with E-state index in [0.717, 1.165) is 9.87 Å². The molecule has 0 radical (unpaired) electrons. The van der Waals surface area contributed by atoms with Crippen LogP contribution in [0.25, 0.3) is 0 Å². The van der Waals surface area contributed by atoms with Gasteiger partial charge in [-0.3, -0.25) is 4.79 Å². The number of nitrogens with one attached hydrogen (secondary N) is 1. The van der Waals surface area contributed by atoms with E-state index in [4.69, 9.17) is 0 Å². The predicted molar refractivity (Wildman–Crippen MR) is 105 cm³/mol. The summed E-state index contributed by atoms with van der Waals surface area (Å²) >= 11 is 0. The van der Waals surface area contributed by atoms with Gasteiger partial charge in [0.2, 0.25) is 15.9 Å². The Morgan fingerprint density at radius 3 is 2.59 bits per heavy atom. The molecule has 1 aromatic heterocycles. The Bertz CT molecular complexity index is 1000. The van der Waals surface area contributed by atoms with Gasteiger partial charge in [0.15, 0.2) is 0 Å². The fourth-order valence-electron chi connectivity index (χ4n) is 3.38. The number of carbonyl (C=O) groups excluding carboxylic acids is 1. The summed E-state index contributed by atoms with van der Waals surface area (Å²) in [6, 6.07) is 4.29. The number of rotatable bonds is 7. The molecule has 1 aliphatic rings. The highest BCUT2D eigenvalue weighted by atomic mass is 32.2. The van der Waals surface area contributed by atoms with Crippen LogP contribution in [-0.4, -0.2) is 57.9 Å². The molecule has 2 aromatic rings. The molecule has 10 heteroatoms. The first-order valence-corrected chi connectivity index (χ1v) is 10.7. The lowest BCUT2D eigenvalue weighted by Gasteiger charge is -2.25. The minimum absolute atomic E-state index is 0.0132. The largest absolute Gasteiger partial charge is 0.480 e. The Labute approximate surface area is 169 Å². The van der Waals surface area contributed by atoms with E-state index in [9.17, 15) is 23.1 Å². The minimum atomic E-state index is -3.85. The zero-order valence-electron chi connectivity index (χ0n) is 16.3. The maximum Gasteiger partial charge on any atom is 0.326 e. The van der Waals surface area contributed by atoms with Crippen molar-refractivity contribution in [2.75, 3.05) is 6.54 Å². The molecule has 156 valence electrons. The van der Waals surface area contributed by atoms with E-state index < -0.39 is 34.0 Å². The summed E-state index contributed by atoms with van der Waals surface area (Å²) in [5.74, 6) is -1.81. The van der Waals surface area contributed by atoms with Crippen LogP contribution in [0.1, 0.15) is 24.1 Å². The summed E-state index contributed by atoms with van der Waals surface area (Å²) in [7, 11) is -2.09. The zero-order chi connectivity index (χ0) is 21.2. The van der Waals surface area contributed by atoms with E-state index in [2.05, 4.69) is 10.3 Å². The molecule has 1 amide bonds. The molecule has 2 heterocycles. The first-order valence-electron chi connectivity index (χ1n) is 9.27. The van der Waals surface area contributed by atoms with E-state index in [-0.39, 0.29) is 17.9 Å². The molecule has 1 fully saturated rings. The van der Waals surface area contributed by atoms with Crippen LogP contribution in [-0.2, 0) is 33.1 Å². The molecule has 29 heavy (non-hydrogen) atoms. The van der Waals surface area contributed by atoms with Gasteiger partial charge in [0.1, 0.15) is 12.1 Å². The highest BCUT2D eigenvalue weighted by molar-refractivity contribution is 7.89. The summed E-state index contributed by atoms with van der Waals surface area (Å²) in [5, 5.41) is 12.0. The quantitative estimate of drug-likeness (QED) is 0.680. The van der Waals surface area contributed by atoms with Gasteiger partial charge < -0.3 is 15.0 Å². The van der Waals surface area contributed by atoms with Crippen molar-refractivity contribution < 1.29 is 23.1 Å². The van der Waals surface area contributed by atoms with Gasteiger partial charge in [-0.2, -0.15) is 4.31 Å². The number of carbonyl (C=O) groups is 2. The van der Waals surface area contributed by atoms with E-state index in [1.165, 1.54) is 12.1 Å². The Hall–Kier alpha value is -2.72. The smallest absolute Gasteiger partial charge is 0.326 e. The van der Waals surface area contributed by atoms with Crippen molar-refractivity contribution >= 4 is 21.9 Å². The van der Waals surface area contributed by atoms with Gasteiger partial charge in [0, 0.05) is 26.2 Å². The number of hydrogen-bond acceptors (Lipinski definition) is 5. The third kappa shape index (κ3) is 4.65. The molecule has 0 saturated carbocycles. The molecule has 0 spiro atoms. The van der Waals surface area contributed by atoms with Crippen LogP contribution < -0.4 is 5.32 Å². The number of carboxylic acid groups (broad SMARTS) is 1. The van der Waals surface area contributed by atoms with E-state index >= 15 is 0 Å². The Balaban J connectivity index is 1.76. The number of aliphatic carboxylic acids is 1. The van der Waals surface area contributed by atoms with Crippen LogP contribution >= 0.6 is 0 Å². The second-order valence-corrected chi connectivity index (χ2v) is 9.11. The van der Waals surface area contributed by atoms with Gasteiger partial charge in [-0.1, -0.05) is 17.7 Å². The van der Waals surface area contributed by atoms with Gasteiger partial charge in [-0.15, -0.1) is 0 Å². The van der Waals surface area contributed by atoms with Crippen molar-refractivity contribution in [3.05, 3.63) is 48.0 Å². The van der Waals surface area contributed by atoms with Crippen molar-refractivity contribution in [1.82, 2.24) is 19.2 Å². The molecule has 0 unspecified atom stereocenters. The lowest BCUT2D eigenvalue weighted by atomic mass is 10.1. The molecule has 0 bridgehead atoms. The molecule has 2 atom stereocenters. The van der Waals surface area contributed by atoms with E-state index in [0.29, 0.717) is 18.5 Å². The van der Waals surface area contributed by atoms with E-state index in [1.54, 1.807) is 36.3 Å². The first-order chi connectivity index (χ1) is 13.7. The number of amides is 1. The van der Waals surface area contributed by atoms with Crippen molar-refractivity contribution in [2.45, 2.75) is 43.2 Å². The molecule has 3 rings (SSSR count). The average molecular weight is 420 g/mol. The molecule has 1 aromatic carbocycles. The average Bonchev–Trinajstić information content (AvgIpc) is 3.31. The fraction of sp³-hybridized carbons (Fsp3) is 0.421. The van der Waals surface area contributed by atoms with Crippen molar-refractivity contribution in [3.63, 3.8) is 0 Å². The van der Waals surface area contributed by atoms with Crippen molar-refractivity contribution in [3.8, 4) is 0 Å². The second kappa shape index (κ2) is 8.34. The Morgan fingerprint density at radius 1 is 1.31 bits per heavy atom. The molecular weight excluding hydrogens is 396 g/mol. The van der Waals surface area contributed by atoms with Crippen molar-refractivity contribution in [2.24, 2.45) is 7.05 Å². The number of carboxylic acids is 1. The minimum Gasteiger partial charge on any atom is -0.480 e. The third-order valence-corrected chi connectivity index (χ3v) is 6.84. The number of sulfonamides is 1. The summed E-state index contributed by atoms with van der Waals surface area (Å²) in [6.45, 7) is 2.07. The number of aryl methyl sites for hydroxylation is 2. The van der Waals surface area contributed by atoms with Crippen molar-refractivity contribution in [1.29, 1.82) is 0 Å². The molecule has 2 N–H and O–H groups in total. The number of imidazole rings is 1. The van der Waals surface area contributed by atoms with Gasteiger partial charge in [0.05, 0.1) is 16.9 Å². The molecule has 9 nitrogen and oxygen atoms in total. The predicted octanol–water partition coefficient (Wildman–Crippen LogP) is 0.694. The van der Waals surface area contributed by atoms with Gasteiger partial charge in [-0.25, -0.2) is 18.2 Å². The number of nitrogens with zero attached hydrogens (tertiary/aromatic N) is 3. The highest BCUT2D eigenvalue weighted by Crippen LogP contribution is 2.26. The van der Waals surface area contributed by atoms with Gasteiger partial charge in [0.25, 0.3) is 0 Å². The summed E-state index contributed by atoms with van der Waals surface area (Å²) in [6.07, 6.45) is 4.10. The van der Waals surface area contributed by atoms with Gasteiger partial charge in [-0.05, 0) is 31.9 Å². The summed E-state index contributed by atoms with van der Waals surface area (Å²) in [4.78, 5) is 28.6. The fourth-order valence-corrected chi connectivity index (χ4v) is 5.04. The van der Waals surface area contributed by atoms with E-state index in [1.807, 2.05) is 6.92 Å². The third-order valence-electron chi connectivity index (χ3n) is 4.92. The van der Waals surface area contributed by atoms with Crippen LogP contribution in [0.3, 0.4) is 0 Å². The number of aromatic nitrogens is 2. The Kier molecular flexibility index (Phi) is 6.04. The normalized spacial score (nSPS) is 18.5. The topological polar surface area (TPSA) is 122 Å². The molecule has 1 aliphatic heterocycles. The van der Waals surface area contributed by atoms with Gasteiger partial charge >= 0.3 is 5.97 Å². The lowest BCUT2D eigenvalue weighted by Crippen LogP contribution is -2.51. The maximum absolute atomic E-state index is 13.0. The number of hydrogen-bond donors (Lipinski definition) is 2. The molecule has 0 aliphatic carbocycles. The summed E-state index contributed by atoms with van der Waals surface area (Å²) in [5.41, 5.74) is 1.45. The maximum atomic E-state index is 13.0. The second-order valence-electron chi connectivity index (χ2n) is 7.22. The van der Waals surface area contributed by atoms with Crippen LogP contribution in [0.2, 0.25) is 0 Å². The van der Waals surface area contributed by atoms with Crippen LogP contribution in [0.15, 0.2) is 41.7 Å². The molecular formula is C19H24N4O5S. The highest BCUT2D eigenvalue weighted by Gasteiger charge is 2.40. The standard InChI is InChI=1S/C19H24N4O5S/c1-13-5-7-15(8-6-13)29(27,28)23-9-3-4-17(23)18(24)21-16(19(25)26)10-14-11-22(2)12-20-14/h5-8,11-12,16-17H,3-4,9-10H2,1-2H3,(H,21,24)(H,25,26)/t16-,17-/m0/s1. The van der Waals surface area contributed by atoms with Crippen LogP contribution in [0, 0.1) is 6.92 Å². The van der Waals surface area contributed by atoms with Crippen LogP contribution in [0.4, 0.5) is 0 Å². The monoisotopic (exact) mass is 420 g/mol. The molecule has 1 saturated heterocycles.